The Bertz CT molecular complexity index is 279. The van der Waals surface area contributed by atoms with Crippen LogP contribution in [0.2, 0.25) is 0 Å². The molecule has 4 nitrogen and oxygen atoms in total. The number of ether oxygens (including phenoxy) is 3. The van der Waals surface area contributed by atoms with Crippen molar-refractivity contribution in [3.8, 4) is 0 Å². The molecule has 1 aliphatic carbocycles. The highest BCUT2D eigenvalue weighted by molar-refractivity contribution is 5.69. The van der Waals surface area contributed by atoms with E-state index >= 15 is 0 Å². The Morgan fingerprint density at radius 2 is 2.00 bits per heavy atom. The second-order valence-electron chi connectivity index (χ2n) is 5.30. The first kappa shape index (κ1) is 12.8. The van der Waals surface area contributed by atoms with E-state index in [0.29, 0.717) is 12.3 Å². The molecule has 2 fully saturated rings. The fourth-order valence-corrected chi connectivity index (χ4v) is 2.91. The Morgan fingerprint density at radius 1 is 1.35 bits per heavy atom. The lowest BCUT2D eigenvalue weighted by Crippen LogP contribution is -2.37. The van der Waals surface area contributed by atoms with E-state index in [4.69, 9.17) is 14.2 Å². The van der Waals surface area contributed by atoms with Gasteiger partial charge in [-0.2, -0.15) is 0 Å². The summed E-state index contributed by atoms with van der Waals surface area (Å²) < 4.78 is 16.7. The van der Waals surface area contributed by atoms with Crippen molar-refractivity contribution in [2.24, 2.45) is 5.92 Å². The van der Waals surface area contributed by atoms with Crippen LogP contribution in [0, 0.1) is 5.92 Å². The summed E-state index contributed by atoms with van der Waals surface area (Å²) in [7, 11) is 1.44. The van der Waals surface area contributed by atoms with E-state index < -0.39 is 5.79 Å². The predicted molar refractivity (Wildman–Crippen MR) is 62.4 cm³/mol. The molecule has 2 rings (SSSR count). The average Bonchev–Trinajstić information content (AvgIpc) is 2.53. The Balaban J connectivity index is 1.95. The smallest absolute Gasteiger partial charge is 0.305 e. The van der Waals surface area contributed by atoms with Gasteiger partial charge in [0.05, 0.1) is 19.3 Å². The first-order chi connectivity index (χ1) is 8.04. The number of carbonyl (C=O) groups excluding carboxylic acids is 1. The Morgan fingerprint density at radius 3 is 2.59 bits per heavy atom. The first-order valence-corrected chi connectivity index (χ1v) is 6.47. The van der Waals surface area contributed by atoms with Crippen molar-refractivity contribution in [3.05, 3.63) is 0 Å². The van der Waals surface area contributed by atoms with Gasteiger partial charge in [0.25, 0.3) is 0 Å². The molecule has 0 aromatic heterocycles. The Labute approximate surface area is 103 Å². The monoisotopic (exact) mass is 242 g/mol. The highest BCUT2D eigenvalue weighted by atomic mass is 16.8. The molecule has 3 atom stereocenters. The minimum atomic E-state index is -0.435. The van der Waals surface area contributed by atoms with Gasteiger partial charge in [0, 0.05) is 19.3 Å². The van der Waals surface area contributed by atoms with Crippen LogP contribution in [0.1, 0.15) is 46.0 Å². The standard InChI is InChI=1S/C13H22O4/c1-9-10(2)17-13(16-9)6-4-5-11(8-13)7-12(14)15-3/h9-11H,4-8H2,1-3H3/t9-,10-,11+/m1/s1. The zero-order chi connectivity index (χ0) is 12.5. The number of methoxy groups -OCH3 is 1. The van der Waals surface area contributed by atoms with Crippen molar-refractivity contribution in [1.82, 2.24) is 0 Å². The van der Waals surface area contributed by atoms with Crippen LogP contribution in [0.25, 0.3) is 0 Å². The molecule has 1 heterocycles. The van der Waals surface area contributed by atoms with Crippen LogP contribution >= 0.6 is 0 Å². The van der Waals surface area contributed by atoms with Gasteiger partial charge in [-0.25, -0.2) is 0 Å². The summed E-state index contributed by atoms with van der Waals surface area (Å²) in [6.45, 7) is 4.09. The van der Waals surface area contributed by atoms with Gasteiger partial charge in [-0.05, 0) is 32.6 Å². The van der Waals surface area contributed by atoms with Gasteiger partial charge in [-0.3, -0.25) is 4.79 Å². The lowest BCUT2D eigenvalue weighted by atomic mass is 9.83. The fourth-order valence-electron chi connectivity index (χ4n) is 2.91. The molecule has 4 heteroatoms. The largest absolute Gasteiger partial charge is 0.469 e. The van der Waals surface area contributed by atoms with E-state index in [1.54, 1.807) is 0 Å². The molecule has 1 saturated carbocycles. The maximum Gasteiger partial charge on any atom is 0.305 e. The summed E-state index contributed by atoms with van der Waals surface area (Å²) in [4.78, 5) is 11.3. The Hall–Kier alpha value is -0.610. The summed E-state index contributed by atoms with van der Waals surface area (Å²) in [6.07, 6.45) is 4.65. The predicted octanol–water partition coefficient (Wildman–Crippen LogP) is 2.26. The zero-order valence-corrected chi connectivity index (χ0v) is 10.9. The molecular weight excluding hydrogens is 220 g/mol. The van der Waals surface area contributed by atoms with Crippen LogP contribution in [-0.4, -0.2) is 31.1 Å². The number of rotatable bonds is 2. The van der Waals surface area contributed by atoms with Gasteiger partial charge < -0.3 is 14.2 Å². The van der Waals surface area contributed by atoms with E-state index in [-0.39, 0.29) is 18.2 Å². The van der Waals surface area contributed by atoms with E-state index in [1.807, 2.05) is 13.8 Å². The summed E-state index contributed by atoms with van der Waals surface area (Å²) >= 11 is 0. The summed E-state index contributed by atoms with van der Waals surface area (Å²) in [5.41, 5.74) is 0. The van der Waals surface area contributed by atoms with Gasteiger partial charge in [-0.15, -0.1) is 0 Å². The lowest BCUT2D eigenvalue weighted by Gasteiger charge is -2.36. The van der Waals surface area contributed by atoms with E-state index in [1.165, 1.54) is 7.11 Å². The zero-order valence-electron chi connectivity index (χ0n) is 10.9. The SMILES string of the molecule is COC(=O)C[C@@H]1CCCC2(C1)O[C@H](C)[C@@H](C)O2. The molecule has 0 aromatic rings. The molecule has 0 aromatic carbocycles. The molecular formula is C13H22O4. The molecule has 0 bridgehead atoms. The number of esters is 1. The third kappa shape index (κ3) is 2.80. The van der Waals surface area contributed by atoms with Crippen LogP contribution < -0.4 is 0 Å². The molecule has 0 unspecified atom stereocenters. The van der Waals surface area contributed by atoms with Crippen LogP contribution in [-0.2, 0) is 19.0 Å². The quantitative estimate of drug-likeness (QED) is 0.697. The normalized spacial score (nSPS) is 36.1. The maximum absolute atomic E-state index is 11.3. The van der Waals surface area contributed by atoms with Crippen molar-refractivity contribution in [1.29, 1.82) is 0 Å². The molecule has 0 N–H and O–H groups in total. The molecule has 98 valence electrons. The molecule has 1 spiro atoms. The van der Waals surface area contributed by atoms with Gasteiger partial charge in [0.15, 0.2) is 5.79 Å². The van der Waals surface area contributed by atoms with Crippen LogP contribution in [0.3, 0.4) is 0 Å². The minimum absolute atomic E-state index is 0.133. The minimum Gasteiger partial charge on any atom is -0.469 e. The maximum atomic E-state index is 11.3. The summed E-state index contributed by atoms with van der Waals surface area (Å²) in [5, 5.41) is 0. The van der Waals surface area contributed by atoms with Gasteiger partial charge in [0.1, 0.15) is 0 Å². The second-order valence-corrected chi connectivity index (χ2v) is 5.30. The number of carbonyl (C=O) groups is 1. The topological polar surface area (TPSA) is 44.8 Å². The Kier molecular flexibility index (Phi) is 3.73. The average molecular weight is 242 g/mol. The number of hydrogen-bond acceptors (Lipinski definition) is 4. The molecule has 1 saturated heterocycles. The molecule has 0 amide bonds. The molecule has 0 radical (unpaired) electrons. The van der Waals surface area contributed by atoms with Gasteiger partial charge in [0.2, 0.25) is 0 Å². The highest BCUT2D eigenvalue weighted by Crippen LogP contribution is 2.43. The molecule has 17 heavy (non-hydrogen) atoms. The number of hydrogen-bond donors (Lipinski definition) is 0. The van der Waals surface area contributed by atoms with Crippen LogP contribution in [0.15, 0.2) is 0 Å². The van der Waals surface area contributed by atoms with E-state index in [2.05, 4.69) is 0 Å². The van der Waals surface area contributed by atoms with Gasteiger partial charge >= 0.3 is 5.97 Å². The first-order valence-electron chi connectivity index (χ1n) is 6.47. The molecule has 1 aliphatic heterocycles. The lowest BCUT2D eigenvalue weighted by molar-refractivity contribution is -0.202. The summed E-state index contributed by atoms with van der Waals surface area (Å²) in [6, 6.07) is 0. The molecule has 2 aliphatic rings. The van der Waals surface area contributed by atoms with Crippen molar-refractivity contribution in [2.75, 3.05) is 7.11 Å². The van der Waals surface area contributed by atoms with Crippen molar-refractivity contribution < 1.29 is 19.0 Å². The van der Waals surface area contributed by atoms with Crippen LogP contribution in [0.5, 0.6) is 0 Å². The van der Waals surface area contributed by atoms with Crippen molar-refractivity contribution >= 4 is 5.97 Å². The van der Waals surface area contributed by atoms with Crippen molar-refractivity contribution in [2.45, 2.75) is 63.9 Å². The summed E-state index contributed by atoms with van der Waals surface area (Å²) in [5.74, 6) is -0.240. The van der Waals surface area contributed by atoms with E-state index in [9.17, 15) is 4.79 Å². The highest BCUT2D eigenvalue weighted by Gasteiger charge is 2.47. The van der Waals surface area contributed by atoms with Gasteiger partial charge in [-0.1, -0.05) is 0 Å². The second kappa shape index (κ2) is 4.94. The third-order valence-corrected chi connectivity index (χ3v) is 3.92. The van der Waals surface area contributed by atoms with Crippen LogP contribution in [0.4, 0.5) is 0 Å². The van der Waals surface area contributed by atoms with Crippen molar-refractivity contribution in [3.63, 3.8) is 0 Å². The fraction of sp³-hybridized carbons (Fsp3) is 0.923. The third-order valence-electron chi connectivity index (χ3n) is 3.92. The van der Waals surface area contributed by atoms with E-state index in [0.717, 1.165) is 25.7 Å².